The van der Waals surface area contributed by atoms with Gasteiger partial charge < -0.3 is 14.5 Å². The summed E-state index contributed by atoms with van der Waals surface area (Å²) in [5.74, 6) is -1.65. The highest BCUT2D eigenvalue weighted by atomic mass is 19.4. The van der Waals surface area contributed by atoms with E-state index in [9.17, 15) is 27.2 Å². The van der Waals surface area contributed by atoms with Crippen molar-refractivity contribution >= 4 is 17.5 Å². The normalized spacial score (nSPS) is 22.1. The van der Waals surface area contributed by atoms with E-state index in [2.05, 4.69) is 4.98 Å². The Morgan fingerprint density at radius 1 is 1.16 bits per heavy atom. The molecule has 2 fully saturated rings. The van der Waals surface area contributed by atoms with E-state index in [1.54, 1.807) is 6.07 Å². The maximum Gasteiger partial charge on any atom is 0.434 e. The number of halogens is 4. The number of amides is 2. The molecule has 2 aromatic rings. The standard InChI is InChI=1S/C21H19F4N3O3/c22-14-4-1-5-15(10-14)28-13-20(31-11-17(28)29)7-3-9-27(12-20)19(30)16-6-2-8-26-18(16)21(23,24)25/h1-2,4-6,8,10H,3,7,9,11-13H2. The number of piperidine rings is 1. The molecule has 2 amide bonds. The summed E-state index contributed by atoms with van der Waals surface area (Å²) in [7, 11) is 0. The minimum absolute atomic E-state index is 0.0110. The third-order valence-corrected chi connectivity index (χ3v) is 5.50. The summed E-state index contributed by atoms with van der Waals surface area (Å²) in [6.07, 6.45) is -2.78. The number of carbonyl (C=O) groups excluding carboxylic acids is 2. The van der Waals surface area contributed by atoms with Gasteiger partial charge in [-0.25, -0.2) is 4.39 Å². The number of benzene rings is 1. The van der Waals surface area contributed by atoms with Gasteiger partial charge in [-0.05, 0) is 43.2 Å². The Hall–Kier alpha value is -3.01. The average molecular weight is 437 g/mol. The van der Waals surface area contributed by atoms with E-state index in [4.69, 9.17) is 4.74 Å². The maximum absolute atomic E-state index is 13.7. The molecule has 1 unspecified atom stereocenters. The van der Waals surface area contributed by atoms with Gasteiger partial charge in [0.15, 0.2) is 5.69 Å². The molecule has 3 heterocycles. The van der Waals surface area contributed by atoms with Crippen LogP contribution in [0.25, 0.3) is 0 Å². The summed E-state index contributed by atoms with van der Waals surface area (Å²) in [5, 5.41) is 0. The monoisotopic (exact) mass is 437 g/mol. The largest absolute Gasteiger partial charge is 0.434 e. The molecule has 0 saturated carbocycles. The van der Waals surface area contributed by atoms with Crippen LogP contribution in [0.2, 0.25) is 0 Å². The van der Waals surface area contributed by atoms with E-state index >= 15 is 0 Å². The summed E-state index contributed by atoms with van der Waals surface area (Å²) < 4.78 is 59.4. The number of likely N-dealkylation sites (tertiary alicyclic amines) is 1. The molecule has 4 rings (SSSR count). The molecule has 1 atom stereocenters. The number of hydrogen-bond donors (Lipinski definition) is 0. The number of alkyl halides is 3. The van der Waals surface area contributed by atoms with Crippen molar-refractivity contribution < 1.29 is 31.9 Å². The molecule has 0 radical (unpaired) electrons. The van der Waals surface area contributed by atoms with E-state index in [0.29, 0.717) is 18.5 Å². The summed E-state index contributed by atoms with van der Waals surface area (Å²) in [4.78, 5) is 31.4. The predicted molar refractivity (Wildman–Crippen MR) is 102 cm³/mol. The third-order valence-electron chi connectivity index (χ3n) is 5.50. The molecule has 0 aliphatic carbocycles. The van der Waals surface area contributed by atoms with Crippen molar-refractivity contribution in [2.45, 2.75) is 24.6 Å². The molecule has 1 aromatic heterocycles. The topological polar surface area (TPSA) is 62.7 Å². The van der Waals surface area contributed by atoms with Crippen LogP contribution in [-0.4, -0.2) is 53.5 Å². The third kappa shape index (κ3) is 4.25. The molecule has 31 heavy (non-hydrogen) atoms. The van der Waals surface area contributed by atoms with Crippen LogP contribution in [-0.2, 0) is 15.7 Å². The van der Waals surface area contributed by atoms with E-state index in [1.165, 1.54) is 34.1 Å². The fourth-order valence-electron chi connectivity index (χ4n) is 4.09. The number of pyridine rings is 1. The van der Waals surface area contributed by atoms with E-state index < -0.39 is 34.8 Å². The number of hydrogen-bond acceptors (Lipinski definition) is 4. The Balaban J connectivity index is 1.58. The zero-order valence-electron chi connectivity index (χ0n) is 16.4. The van der Waals surface area contributed by atoms with Crippen LogP contribution in [0.3, 0.4) is 0 Å². The second-order valence-corrected chi connectivity index (χ2v) is 7.66. The molecule has 0 N–H and O–H groups in total. The summed E-state index contributed by atoms with van der Waals surface area (Å²) in [6, 6.07) is 7.95. The highest BCUT2D eigenvalue weighted by Gasteiger charge is 2.46. The lowest BCUT2D eigenvalue weighted by Crippen LogP contribution is -2.62. The first-order chi connectivity index (χ1) is 14.7. The van der Waals surface area contributed by atoms with Crippen LogP contribution < -0.4 is 4.90 Å². The first-order valence-corrected chi connectivity index (χ1v) is 9.70. The molecule has 164 valence electrons. The number of carbonyl (C=O) groups is 2. The van der Waals surface area contributed by atoms with Gasteiger partial charge in [0.1, 0.15) is 18.0 Å². The zero-order chi connectivity index (χ0) is 22.2. The van der Waals surface area contributed by atoms with Gasteiger partial charge in [0.25, 0.3) is 11.8 Å². The Kier molecular flexibility index (Phi) is 5.42. The molecule has 0 bridgehead atoms. The number of nitrogens with zero attached hydrogens (tertiary/aromatic N) is 3. The lowest BCUT2D eigenvalue weighted by Gasteiger charge is -2.47. The van der Waals surface area contributed by atoms with Crippen LogP contribution in [0.4, 0.5) is 23.2 Å². The number of aromatic nitrogens is 1. The first kappa shape index (κ1) is 21.2. The Morgan fingerprint density at radius 3 is 2.71 bits per heavy atom. The highest BCUT2D eigenvalue weighted by molar-refractivity contribution is 5.96. The van der Waals surface area contributed by atoms with E-state index in [-0.39, 0.29) is 32.1 Å². The van der Waals surface area contributed by atoms with Crippen LogP contribution in [0.5, 0.6) is 0 Å². The minimum atomic E-state index is -4.76. The number of morpholine rings is 1. The fraction of sp³-hybridized carbons (Fsp3) is 0.381. The lowest BCUT2D eigenvalue weighted by molar-refractivity contribution is -0.145. The SMILES string of the molecule is O=C(c1cccnc1C(F)(F)F)N1CCCC2(C1)CN(c1cccc(F)c1)C(=O)CO2. The fourth-order valence-corrected chi connectivity index (χ4v) is 4.09. The number of ether oxygens (including phenoxy) is 1. The van der Waals surface area contributed by atoms with Crippen LogP contribution in [0, 0.1) is 5.82 Å². The van der Waals surface area contributed by atoms with Crippen molar-refractivity contribution in [2.75, 3.05) is 31.1 Å². The van der Waals surface area contributed by atoms with Crippen molar-refractivity contribution in [1.82, 2.24) is 9.88 Å². The molecule has 1 spiro atoms. The summed E-state index contributed by atoms with van der Waals surface area (Å²) in [6.45, 7) is 0.0681. The molecule has 1 aromatic carbocycles. The lowest BCUT2D eigenvalue weighted by atomic mass is 9.90. The van der Waals surface area contributed by atoms with E-state index in [0.717, 1.165) is 12.3 Å². The van der Waals surface area contributed by atoms with Crippen molar-refractivity contribution in [3.05, 3.63) is 59.7 Å². The van der Waals surface area contributed by atoms with Crippen molar-refractivity contribution in [2.24, 2.45) is 0 Å². The first-order valence-electron chi connectivity index (χ1n) is 9.70. The van der Waals surface area contributed by atoms with Gasteiger partial charge in [0.05, 0.1) is 18.7 Å². The number of rotatable bonds is 2. The van der Waals surface area contributed by atoms with Gasteiger partial charge in [0, 0.05) is 18.4 Å². The Morgan fingerprint density at radius 2 is 1.97 bits per heavy atom. The van der Waals surface area contributed by atoms with Crippen LogP contribution >= 0.6 is 0 Å². The second kappa shape index (κ2) is 7.92. The van der Waals surface area contributed by atoms with Gasteiger partial charge >= 0.3 is 6.18 Å². The van der Waals surface area contributed by atoms with Gasteiger partial charge in [-0.3, -0.25) is 14.6 Å². The van der Waals surface area contributed by atoms with Crippen molar-refractivity contribution in [1.29, 1.82) is 0 Å². The number of anilines is 1. The molecule has 10 heteroatoms. The molecular formula is C21H19F4N3O3. The van der Waals surface area contributed by atoms with Gasteiger partial charge in [-0.2, -0.15) is 13.2 Å². The summed E-state index contributed by atoms with van der Waals surface area (Å²) >= 11 is 0. The van der Waals surface area contributed by atoms with Gasteiger partial charge in [-0.15, -0.1) is 0 Å². The van der Waals surface area contributed by atoms with Gasteiger partial charge in [-0.1, -0.05) is 6.07 Å². The summed E-state index contributed by atoms with van der Waals surface area (Å²) in [5.41, 5.74) is -2.35. The molecular weight excluding hydrogens is 418 g/mol. The van der Waals surface area contributed by atoms with Crippen LogP contribution in [0.1, 0.15) is 28.9 Å². The quantitative estimate of drug-likeness (QED) is 0.677. The average Bonchev–Trinajstić information content (AvgIpc) is 2.75. The molecule has 2 saturated heterocycles. The highest BCUT2D eigenvalue weighted by Crippen LogP contribution is 2.34. The maximum atomic E-state index is 13.7. The van der Waals surface area contributed by atoms with Gasteiger partial charge in [0.2, 0.25) is 0 Å². The van der Waals surface area contributed by atoms with Crippen LogP contribution in [0.15, 0.2) is 42.6 Å². The Bertz CT molecular complexity index is 1010. The second-order valence-electron chi connectivity index (χ2n) is 7.66. The predicted octanol–water partition coefficient (Wildman–Crippen LogP) is 3.28. The van der Waals surface area contributed by atoms with Crippen molar-refractivity contribution in [3.63, 3.8) is 0 Å². The minimum Gasteiger partial charge on any atom is -0.361 e. The molecule has 6 nitrogen and oxygen atoms in total. The molecule has 2 aliphatic heterocycles. The van der Waals surface area contributed by atoms with Crippen molar-refractivity contribution in [3.8, 4) is 0 Å². The smallest absolute Gasteiger partial charge is 0.361 e. The zero-order valence-corrected chi connectivity index (χ0v) is 16.4. The van der Waals surface area contributed by atoms with E-state index in [1.807, 2.05) is 0 Å². The Labute approximate surface area is 175 Å². The molecule has 2 aliphatic rings.